The molecule has 1 aliphatic heterocycles. The molecule has 1 aliphatic rings. The van der Waals surface area contributed by atoms with Gasteiger partial charge in [-0.2, -0.15) is 0 Å². The number of urea groups is 1. The average Bonchev–Trinajstić information content (AvgIpc) is 3.23. The first-order valence-corrected chi connectivity index (χ1v) is 9.57. The second kappa shape index (κ2) is 7.79. The molecule has 2 N–H and O–H groups in total. The Kier molecular flexibility index (Phi) is 5.03. The fourth-order valence-corrected chi connectivity index (χ4v) is 3.67. The maximum Gasteiger partial charge on any atom is 0.332 e. The fourth-order valence-electron chi connectivity index (χ4n) is 3.67. The molecule has 0 radical (unpaired) electrons. The van der Waals surface area contributed by atoms with Gasteiger partial charge in [-0.1, -0.05) is 36.4 Å². The van der Waals surface area contributed by atoms with E-state index in [4.69, 9.17) is 0 Å². The standard InChI is InChI=1S/C22H22N4O3/c1-15-21(28)25(22(29)26(15)17-7-3-2-4-8-17)14-20(27)23-12-11-16-13-24-19-10-6-5-9-18(16)19/h2-10,13,15,24H,11-12,14H2,1H3,(H,23,27)/t15-/m0/s1. The molecule has 3 aromatic rings. The summed E-state index contributed by atoms with van der Waals surface area (Å²) in [5.74, 6) is -0.723. The number of rotatable bonds is 6. The number of carbonyl (C=O) groups is 3. The van der Waals surface area contributed by atoms with Gasteiger partial charge in [-0.05, 0) is 37.1 Å². The van der Waals surface area contributed by atoms with E-state index < -0.39 is 12.1 Å². The molecule has 7 nitrogen and oxygen atoms in total. The summed E-state index contributed by atoms with van der Waals surface area (Å²) in [6.45, 7) is 1.82. The second-order valence-electron chi connectivity index (χ2n) is 7.05. The number of nitrogens with zero attached hydrogens (tertiary/aromatic N) is 2. The number of anilines is 1. The lowest BCUT2D eigenvalue weighted by Gasteiger charge is -2.19. The second-order valence-corrected chi connectivity index (χ2v) is 7.05. The minimum absolute atomic E-state index is 0.279. The van der Waals surface area contributed by atoms with Gasteiger partial charge in [0.05, 0.1) is 0 Å². The van der Waals surface area contributed by atoms with Crippen LogP contribution in [0.4, 0.5) is 10.5 Å². The van der Waals surface area contributed by atoms with Crippen LogP contribution in [-0.2, 0) is 16.0 Å². The zero-order chi connectivity index (χ0) is 20.4. The molecule has 1 atom stereocenters. The van der Waals surface area contributed by atoms with Crippen LogP contribution in [0.25, 0.3) is 10.9 Å². The van der Waals surface area contributed by atoms with Crippen LogP contribution in [0.5, 0.6) is 0 Å². The predicted molar refractivity (Wildman–Crippen MR) is 111 cm³/mol. The van der Waals surface area contributed by atoms with Crippen molar-refractivity contribution in [3.05, 3.63) is 66.4 Å². The highest BCUT2D eigenvalue weighted by Crippen LogP contribution is 2.25. The molecule has 29 heavy (non-hydrogen) atoms. The van der Waals surface area contributed by atoms with E-state index in [2.05, 4.69) is 10.3 Å². The highest BCUT2D eigenvalue weighted by molar-refractivity contribution is 6.15. The monoisotopic (exact) mass is 390 g/mol. The Morgan fingerprint density at radius 3 is 2.59 bits per heavy atom. The highest BCUT2D eigenvalue weighted by atomic mass is 16.2. The number of hydrogen-bond donors (Lipinski definition) is 2. The van der Waals surface area contributed by atoms with Crippen molar-refractivity contribution >= 4 is 34.4 Å². The van der Waals surface area contributed by atoms with Crippen molar-refractivity contribution in [2.45, 2.75) is 19.4 Å². The third kappa shape index (κ3) is 3.59. The number of fused-ring (bicyclic) bond motifs is 1. The molecule has 1 fully saturated rings. The van der Waals surface area contributed by atoms with E-state index in [-0.39, 0.29) is 18.4 Å². The molecule has 2 heterocycles. The first-order valence-electron chi connectivity index (χ1n) is 9.57. The molecule has 1 aromatic heterocycles. The smallest absolute Gasteiger partial charge is 0.332 e. The number of H-pyrrole nitrogens is 1. The van der Waals surface area contributed by atoms with Crippen LogP contribution >= 0.6 is 0 Å². The SMILES string of the molecule is C[C@H]1C(=O)N(CC(=O)NCCc2c[nH]c3ccccc23)C(=O)N1c1ccccc1. The van der Waals surface area contributed by atoms with E-state index >= 15 is 0 Å². The van der Waals surface area contributed by atoms with Gasteiger partial charge in [-0.25, -0.2) is 4.79 Å². The summed E-state index contributed by atoms with van der Waals surface area (Å²) < 4.78 is 0. The van der Waals surface area contributed by atoms with Crippen LogP contribution in [0.1, 0.15) is 12.5 Å². The zero-order valence-electron chi connectivity index (χ0n) is 16.1. The van der Waals surface area contributed by atoms with Gasteiger partial charge in [0, 0.05) is 29.3 Å². The number of nitrogens with one attached hydrogen (secondary N) is 2. The number of hydrogen-bond acceptors (Lipinski definition) is 3. The number of aromatic nitrogens is 1. The van der Waals surface area contributed by atoms with Gasteiger partial charge in [-0.3, -0.25) is 19.4 Å². The third-order valence-corrected chi connectivity index (χ3v) is 5.18. The van der Waals surface area contributed by atoms with Crippen LogP contribution < -0.4 is 10.2 Å². The zero-order valence-corrected chi connectivity index (χ0v) is 16.1. The molecule has 0 unspecified atom stereocenters. The van der Waals surface area contributed by atoms with E-state index in [0.717, 1.165) is 21.4 Å². The number of aromatic amines is 1. The Labute approximate surface area is 168 Å². The topological polar surface area (TPSA) is 85.5 Å². The third-order valence-electron chi connectivity index (χ3n) is 5.18. The summed E-state index contributed by atoms with van der Waals surface area (Å²) in [7, 11) is 0. The van der Waals surface area contributed by atoms with Crippen molar-refractivity contribution in [2.24, 2.45) is 0 Å². The Balaban J connectivity index is 1.35. The maximum atomic E-state index is 12.7. The highest BCUT2D eigenvalue weighted by Gasteiger charge is 2.43. The van der Waals surface area contributed by atoms with Crippen LogP contribution in [0.15, 0.2) is 60.8 Å². The van der Waals surface area contributed by atoms with E-state index in [1.807, 2.05) is 36.5 Å². The quantitative estimate of drug-likeness (QED) is 0.635. The van der Waals surface area contributed by atoms with Crippen LogP contribution in [0, 0.1) is 0 Å². The maximum absolute atomic E-state index is 12.7. The predicted octanol–water partition coefficient (Wildman–Crippen LogP) is 2.68. The molecular weight excluding hydrogens is 368 g/mol. The Hall–Kier alpha value is -3.61. The Morgan fingerprint density at radius 1 is 1.07 bits per heavy atom. The lowest BCUT2D eigenvalue weighted by atomic mass is 10.1. The van der Waals surface area contributed by atoms with Crippen LogP contribution in [-0.4, -0.2) is 46.9 Å². The van der Waals surface area contributed by atoms with Gasteiger partial charge in [0.25, 0.3) is 5.91 Å². The number of amides is 4. The molecular formula is C22H22N4O3. The summed E-state index contributed by atoms with van der Waals surface area (Å²) in [6, 6.07) is 15.9. The van der Waals surface area contributed by atoms with Gasteiger partial charge in [0.2, 0.25) is 5.91 Å². The van der Waals surface area contributed by atoms with Crippen LogP contribution in [0.2, 0.25) is 0 Å². The van der Waals surface area contributed by atoms with Crippen molar-refractivity contribution in [2.75, 3.05) is 18.0 Å². The number of para-hydroxylation sites is 2. The molecule has 0 aliphatic carbocycles. The summed E-state index contributed by atoms with van der Waals surface area (Å²) in [5.41, 5.74) is 2.80. The van der Waals surface area contributed by atoms with Crippen LogP contribution in [0.3, 0.4) is 0 Å². The lowest BCUT2D eigenvalue weighted by Crippen LogP contribution is -2.42. The molecule has 1 saturated heterocycles. The molecule has 4 amide bonds. The Bertz CT molecular complexity index is 1060. The number of carbonyl (C=O) groups excluding carboxylic acids is 3. The molecule has 2 aromatic carbocycles. The summed E-state index contributed by atoms with van der Waals surface area (Å²) in [6.07, 6.45) is 2.59. The molecule has 148 valence electrons. The summed E-state index contributed by atoms with van der Waals surface area (Å²) in [5, 5.41) is 3.93. The van der Waals surface area contributed by atoms with E-state index in [1.165, 1.54) is 4.90 Å². The summed E-state index contributed by atoms with van der Waals surface area (Å²) in [4.78, 5) is 43.2. The lowest BCUT2D eigenvalue weighted by molar-refractivity contribution is -0.131. The normalized spacial score (nSPS) is 16.7. The minimum atomic E-state index is -0.635. The molecule has 7 heteroatoms. The van der Waals surface area contributed by atoms with Gasteiger partial charge < -0.3 is 10.3 Å². The number of imide groups is 1. The summed E-state index contributed by atoms with van der Waals surface area (Å²) >= 11 is 0. The van der Waals surface area contributed by atoms with E-state index in [0.29, 0.717) is 18.7 Å². The molecule has 0 saturated carbocycles. The van der Waals surface area contributed by atoms with Gasteiger partial charge >= 0.3 is 6.03 Å². The Morgan fingerprint density at radius 2 is 1.79 bits per heavy atom. The van der Waals surface area contributed by atoms with Gasteiger partial charge in [-0.15, -0.1) is 0 Å². The average molecular weight is 390 g/mol. The molecule has 4 rings (SSSR count). The van der Waals surface area contributed by atoms with Crippen molar-refractivity contribution in [1.82, 2.24) is 15.2 Å². The first kappa shape index (κ1) is 18.7. The number of benzene rings is 2. The molecule has 0 bridgehead atoms. The van der Waals surface area contributed by atoms with Crippen molar-refractivity contribution in [3.63, 3.8) is 0 Å². The van der Waals surface area contributed by atoms with E-state index in [1.54, 1.807) is 31.2 Å². The van der Waals surface area contributed by atoms with Crippen molar-refractivity contribution < 1.29 is 14.4 Å². The first-order chi connectivity index (χ1) is 14.1. The molecule has 0 spiro atoms. The minimum Gasteiger partial charge on any atom is -0.361 e. The fraction of sp³-hybridized carbons (Fsp3) is 0.227. The van der Waals surface area contributed by atoms with Gasteiger partial charge in [0.1, 0.15) is 12.6 Å². The van der Waals surface area contributed by atoms with E-state index in [9.17, 15) is 14.4 Å². The van der Waals surface area contributed by atoms with Crippen molar-refractivity contribution in [1.29, 1.82) is 0 Å². The largest absolute Gasteiger partial charge is 0.361 e. The van der Waals surface area contributed by atoms with Crippen molar-refractivity contribution in [3.8, 4) is 0 Å². The van der Waals surface area contributed by atoms with Gasteiger partial charge in [0.15, 0.2) is 0 Å².